The van der Waals surface area contributed by atoms with Gasteiger partial charge in [-0.3, -0.25) is 14.3 Å². The molecule has 3 N–H and O–H groups in total. The van der Waals surface area contributed by atoms with Crippen molar-refractivity contribution in [3.8, 4) is 5.75 Å². The number of nitrogens with zero attached hydrogens (tertiary/aromatic N) is 2. The summed E-state index contributed by atoms with van der Waals surface area (Å²) in [5, 5.41) is 7.13. The fourth-order valence-electron chi connectivity index (χ4n) is 1.87. The number of aryl methyl sites for hydroxylation is 2. The third kappa shape index (κ3) is 3.76. The van der Waals surface area contributed by atoms with E-state index in [2.05, 4.69) is 10.4 Å². The Kier molecular flexibility index (Phi) is 4.67. The number of hydrogen-bond donors (Lipinski definition) is 2. The quantitative estimate of drug-likeness (QED) is 0.871. The van der Waals surface area contributed by atoms with E-state index >= 15 is 0 Å². The molecule has 0 atom stereocenters. The Morgan fingerprint density at radius 2 is 2.14 bits per heavy atom. The molecule has 0 saturated carbocycles. The molecule has 0 aliphatic heterocycles. The van der Waals surface area contributed by atoms with E-state index in [-0.39, 0.29) is 23.8 Å². The summed E-state index contributed by atoms with van der Waals surface area (Å²) >= 11 is 5.80. The lowest BCUT2D eigenvalue weighted by molar-refractivity contribution is -0.118. The summed E-state index contributed by atoms with van der Waals surface area (Å²) in [6.45, 7) is 1.55. The molecule has 1 heterocycles. The Bertz CT molecular complexity index is 727. The van der Waals surface area contributed by atoms with E-state index in [4.69, 9.17) is 22.1 Å². The van der Waals surface area contributed by atoms with Crippen LogP contribution in [0.5, 0.6) is 5.75 Å². The number of nitrogens with two attached hydrogens (primary N) is 1. The summed E-state index contributed by atoms with van der Waals surface area (Å²) < 4.78 is 6.88. The van der Waals surface area contributed by atoms with Crippen molar-refractivity contribution >= 4 is 29.2 Å². The standard InChI is InChI=1S/C14H15ClN4O3/c1-8-5-12(19(2)18-8)17-13(20)7-22-11-4-3-9(15)6-10(11)14(16)21/h3-6H,7H2,1-2H3,(H2,16,21)(H,17,20). The zero-order valence-electron chi connectivity index (χ0n) is 12.1. The number of nitrogens with one attached hydrogen (secondary N) is 1. The van der Waals surface area contributed by atoms with E-state index < -0.39 is 5.91 Å². The van der Waals surface area contributed by atoms with Crippen LogP contribution in [0.15, 0.2) is 24.3 Å². The third-order valence-corrected chi connectivity index (χ3v) is 3.07. The molecule has 0 aliphatic rings. The summed E-state index contributed by atoms with van der Waals surface area (Å²) in [5.41, 5.74) is 6.15. The van der Waals surface area contributed by atoms with Gasteiger partial charge in [0.15, 0.2) is 6.61 Å². The maximum Gasteiger partial charge on any atom is 0.263 e. The van der Waals surface area contributed by atoms with Gasteiger partial charge in [-0.1, -0.05) is 11.6 Å². The molecule has 0 bridgehead atoms. The highest BCUT2D eigenvalue weighted by Crippen LogP contribution is 2.22. The summed E-state index contributed by atoms with van der Waals surface area (Å²) in [4.78, 5) is 23.2. The van der Waals surface area contributed by atoms with Gasteiger partial charge in [0.25, 0.3) is 11.8 Å². The molecule has 0 fully saturated rings. The Hall–Kier alpha value is -2.54. The van der Waals surface area contributed by atoms with Crippen molar-refractivity contribution < 1.29 is 14.3 Å². The molecule has 7 nitrogen and oxygen atoms in total. The minimum atomic E-state index is -0.680. The van der Waals surface area contributed by atoms with Gasteiger partial charge in [-0.25, -0.2) is 0 Å². The van der Waals surface area contributed by atoms with Crippen LogP contribution in [0, 0.1) is 6.92 Å². The van der Waals surface area contributed by atoms with E-state index in [9.17, 15) is 9.59 Å². The normalized spacial score (nSPS) is 10.3. The van der Waals surface area contributed by atoms with Gasteiger partial charge in [0.05, 0.1) is 11.3 Å². The fraction of sp³-hybridized carbons (Fsp3) is 0.214. The maximum atomic E-state index is 11.9. The van der Waals surface area contributed by atoms with Crippen LogP contribution in [0.1, 0.15) is 16.1 Å². The van der Waals surface area contributed by atoms with Crippen molar-refractivity contribution in [2.45, 2.75) is 6.92 Å². The van der Waals surface area contributed by atoms with Gasteiger partial charge in [-0.2, -0.15) is 5.10 Å². The van der Waals surface area contributed by atoms with Crippen molar-refractivity contribution in [2.24, 2.45) is 12.8 Å². The lowest BCUT2D eigenvalue weighted by Gasteiger charge is -2.10. The Morgan fingerprint density at radius 1 is 1.41 bits per heavy atom. The topological polar surface area (TPSA) is 99.2 Å². The number of benzene rings is 1. The minimum Gasteiger partial charge on any atom is -0.483 e. The lowest BCUT2D eigenvalue weighted by Crippen LogP contribution is -2.22. The first-order valence-electron chi connectivity index (χ1n) is 6.39. The molecule has 0 radical (unpaired) electrons. The SMILES string of the molecule is Cc1cc(NC(=O)COc2ccc(Cl)cc2C(N)=O)n(C)n1. The average molecular weight is 323 g/mol. The predicted octanol–water partition coefficient (Wildman–Crippen LogP) is 1.50. The van der Waals surface area contributed by atoms with E-state index in [1.807, 2.05) is 6.92 Å². The van der Waals surface area contributed by atoms with Crippen LogP contribution in [0.2, 0.25) is 5.02 Å². The van der Waals surface area contributed by atoms with Gasteiger partial charge in [0, 0.05) is 18.1 Å². The second-order valence-electron chi connectivity index (χ2n) is 4.64. The number of anilines is 1. The number of carbonyl (C=O) groups excluding carboxylic acids is 2. The molecular formula is C14H15ClN4O3. The van der Waals surface area contributed by atoms with Crippen LogP contribution in [0.4, 0.5) is 5.82 Å². The molecule has 1 aromatic heterocycles. The molecule has 8 heteroatoms. The van der Waals surface area contributed by atoms with Crippen LogP contribution in [0.3, 0.4) is 0 Å². The van der Waals surface area contributed by atoms with E-state index in [0.717, 1.165) is 5.69 Å². The van der Waals surface area contributed by atoms with Crippen molar-refractivity contribution in [1.29, 1.82) is 0 Å². The molecule has 0 spiro atoms. The first-order valence-corrected chi connectivity index (χ1v) is 6.77. The number of halogens is 1. The number of hydrogen-bond acceptors (Lipinski definition) is 4. The smallest absolute Gasteiger partial charge is 0.263 e. The average Bonchev–Trinajstić information content (AvgIpc) is 2.75. The highest BCUT2D eigenvalue weighted by atomic mass is 35.5. The van der Waals surface area contributed by atoms with Crippen molar-refractivity contribution in [2.75, 3.05) is 11.9 Å². The van der Waals surface area contributed by atoms with Gasteiger partial charge < -0.3 is 15.8 Å². The van der Waals surface area contributed by atoms with Crippen molar-refractivity contribution in [1.82, 2.24) is 9.78 Å². The molecule has 2 rings (SSSR count). The lowest BCUT2D eigenvalue weighted by atomic mass is 10.2. The largest absolute Gasteiger partial charge is 0.483 e. The Labute approximate surface area is 132 Å². The summed E-state index contributed by atoms with van der Waals surface area (Å²) in [7, 11) is 1.72. The van der Waals surface area contributed by atoms with Crippen LogP contribution in [0.25, 0.3) is 0 Å². The molecular weight excluding hydrogens is 308 g/mol. The van der Waals surface area contributed by atoms with Gasteiger partial charge in [0.2, 0.25) is 0 Å². The maximum absolute atomic E-state index is 11.9. The predicted molar refractivity (Wildman–Crippen MR) is 82.0 cm³/mol. The van der Waals surface area contributed by atoms with Gasteiger partial charge >= 0.3 is 0 Å². The molecule has 0 unspecified atom stereocenters. The summed E-state index contributed by atoms with van der Waals surface area (Å²) in [6.07, 6.45) is 0. The fourth-order valence-corrected chi connectivity index (χ4v) is 2.04. The van der Waals surface area contributed by atoms with Crippen LogP contribution >= 0.6 is 11.6 Å². The van der Waals surface area contributed by atoms with Gasteiger partial charge in [-0.05, 0) is 25.1 Å². The molecule has 2 aromatic rings. The highest BCUT2D eigenvalue weighted by molar-refractivity contribution is 6.31. The van der Waals surface area contributed by atoms with Crippen molar-refractivity contribution in [3.05, 3.63) is 40.5 Å². The number of primary amides is 1. The van der Waals surface area contributed by atoms with Crippen LogP contribution in [-0.2, 0) is 11.8 Å². The van der Waals surface area contributed by atoms with E-state index in [0.29, 0.717) is 10.8 Å². The summed E-state index contributed by atoms with van der Waals surface area (Å²) in [5.74, 6) is -0.306. The zero-order chi connectivity index (χ0) is 16.3. The molecule has 116 valence electrons. The minimum absolute atomic E-state index is 0.122. The number of aromatic nitrogens is 2. The monoisotopic (exact) mass is 322 g/mol. The number of ether oxygens (including phenoxy) is 1. The Balaban J connectivity index is 2.02. The van der Waals surface area contributed by atoms with Crippen LogP contribution in [-0.4, -0.2) is 28.2 Å². The Morgan fingerprint density at radius 3 is 2.73 bits per heavy atom. The molecule has 22 heavy (non-hydrogen) atoms. The number of amides is 2. The first-order chi connectivity index (χ1) is 10.4. The zero-order valence-corrected chi connectivity index (χ0v) is 12.8. The third-order valence-electron chi connectivity index (χ3n) is 2.84. The van der Waals surface area contributed by atoms with Gasteiger partial charge in [-0.15, -0.1) is 0 Å². The number of rotatable bonds is 5. The molecule has 0 saturated heterocycles. The summed E-state index contributed by atoms with van der Waals surface area (Å²) in [6, 6.07) is 6.16. The molecule has 2 amide bonds. The van der Waals surface area contributed by atoms with Crippen molar-refractivity contribution in [3.63, 3.8) is 0 Å². The van der Waals surface area contributed by atoms with E-state index in [1.165, 1.54) is 12.1 Å². The number of carbonyl (C=O) groups is 2. The van der Waals surface area contributed by atoms with Crippen LogP contribution < -0.4 is 15.8 Å². The second-order valence-corrected chi connectivity index (χ2v) is 5.07. The highest BCUT2D eigenvalue weighted by Gasteiger charge is 2.13. The second kappa shape index (κ2) is 6.48. The van der Waals surface area contributed by atoms with E-state index in [1.54, 1.807) is 23.9 Å². The molecule has 1 aromatic carbocycles. The molecule has 0 aliphatic carbocycles. The first kappa shape index (κ1) is 15.8. The van der Waals surface area contributed by atoms with Gasteiger partial charge in [0.1, 0.15) is 11.6 Å².